The predicted octanol–water partition coefficient (Wildman–Crippen LogP) is 5.43. The van der Waals surface area contributed by atoms with Crippen molar-refractivity contribution in [1.82, 2.24) is 4.90 Å². The number of benzene rings is 2. The van der Waals surface area contributed by atoms with Gasteiger partial charge in [0, 0.05) is 18.7 Å². The molecule has 4 rings (SSSR count). The molecule has 2 aliphatic rings. The van der Waals surface area contributed by atoms with Crippen molar-refractivity contribution in [2.24, 2.45) is 0 Å². The van der Waals surface area contributed by atoms with Crippen LogP contribution in [0.25, 0.3) is 6.08 Å². The highest BCUT2D eigenvalue weighted by molar-refractivity contribution is 8.26. The molecule has 0 aromatic heterocycles. The van der Waals surface area contributed by atoms with Crippen LogP contribution >= 0.6 is 24.0 Å². The maximum absolute atomic E-state index is 12.8. The van der Waals surface area contributed by atoms with Gasteiger partial charge in [0.25, 0.3) is 5.91 Å². The number of amides is 2. The van der Waals surface area contributed by atoms with Gasteiger partial charge in [-0.1, -0.05) is 42.5 Å². The van der Waals surface area contributed by atoms with Gasteiger partial charge in [-0.05, 0) is 73.7 Å². The van der Waals surface area contributed by atoms with Gasteiger partial charge in [-0.2, -0.15) is 0 Å². The monoisotopic (exact) mass is 482 g/mol. The van der Waals surface area contributed by atoms with E-state index in [4.69, 9.17) is 21.7 Å². The molecule has 33 heavy (non-hydrogen) atoms. The van der Waals surface area contributed by atoms with Crippen molar-refractivity contribution >= 4 is 51.9 Å². The second kappa shape index (κ2) is 10.4. The molecule has 0 spiro atoms. The fourth-order valence-corrected chi connectivity index (χ4v) is 4.93. The molecule has 2 aromatic carbocycles. The van der Waals surface area contributed by atoms with Gasteiger partial charge in [0.1, 0.15) is 4.32 Å². The molecule has 2 aromatic rings. The van der Waals surface area contributed by atoms with Crippen LogP contribution in [0.5, 0.6) is 11.5 Å². The average molecular weight is 483 g/mol. The molecular weight excluding hydrogens is 456 g/mol. The number of ether oxygens (including phenoxy) is 2. The van der Waals surface area contributed by atoms with Gasteiger partial charge in [-0.25, -0.2) is 0 Å². The lowest BCUT2D eigenvalue weighted by molar-refractivity contribution is -0.122. The Balaban J connectivity index is 1.22. The minimum atomic E-state index is -0.0739. The minimum absolute atomic E-state index is 0.00974. The summed E-state index contributed by atoms with van der Waals surface area (Å²) in [6.45, 7) is 4.85. The summed E-state index contributed by atoms with van der Waals surface area (Å²) < 4.78 is 11.3. The molecule has 1 fully saturated rings. The summed E-state index contributed by atoms with van der Waals surface area (Å²) in [7, 11) is 0. The Bertz CT molecular complexity index is 1130. The molecule has 0 radical (unpaired) electrons. The summed E-state index contributed by atoms with van der Waals surface area (Å²) in [6.07, 6.45) is 4.69. The first-order chi connectivity index (χ1) is 15.9. The van der Waals surface area contributed by atoms with Crippen LogP contribution in [0.3, 0.4) is 0 Å². The second-order valence-electron chi connectivity index (χ2n) is 8.10. The van der Waals surface area contributed by atoms with Crippen LogP contribution in [0.2, 0.25) is 0 Å². The summed E-state index contributed by atoms with van der Waals surface area (Å²) in [5.74, 6) is 1.33. The summed E-state index contributed by atoms with van der Waals surface area (Å²) in [6, 6.07) is 11.5. The normalized spacial score (nSPS) is 16.1. The number of carbonyl (C=O) groups excluding carboxylic acids is 2. The van der Waals surface area contributed by atoms with Gasteiger partial charge >= 0.3 is 0 Å². The van der Waals surface area contributed by atoms with E-state index in [0.29, 0.717) is 33.7 Å². The Hall–Kier alpha value is -2.84. The molecule has 2 amide bonds. The first-order valence-corrected chi connectivity index (χ1v) is 12.2. The van der Waals surface area contributed by atoms with Gasteiger partial charge in [-0.15, -0.1) is 0 Å². The molecule has 2 heterocycles. The van der Waals surface area contributed by atoms with Crippen LogP contribution in [0.1, 0.15) is 42.4 Å². The predicted molar refractivity (Wildman–Crippen MR) is 135 cm³/mol. The van der Waals surface area contributed by atoms with E-state index in [1.807, 2.05) is 56.3 Å². The molecule has 172 valence electrons. The van der Waals surface area contributed by atoms with Crippen LogP contribution < -0.4 is 14.8 Å². The van der Waals surface area contributed by atoms with Crippen molar-refractivity contribution in [3.05, 3.63) is 58.0 Å². The van der Waals surface area contributed by atoms with E-state index < -0.39 is 0 Å². The molecule has 1 saturated heterocycles. The third-order valence-electron chi connectivity index (χ3n) is 5.64. The van der Waals surface area contributed by atoms with Crippen molar-refractivity contribution in [1.29, 1.82) is 0 Å². The molecule has 0 aliphatic carbocycles. The maximum atomic E-state index is 12.8. The SMILES string of the molecule is Cc1ccc(NC(=O)CCCCCN2C(=O)/C(=C/c3ccc4c(c3)OCO4)SC2=S)cc1C. The number of carbonyl (C=O) groups is 2. The highest BCUT2D eigenvalue weighted by Gasteiger charge is 2.31. The zero-order chi connectivity index (χ0) is 23.4. The molecule has 8 heteroatoms. The largest absolute Gasteiger partial charge is 0.454 e. The molecule has 2 aliphatic heterocycles. The number of nitrogens with zero attached hydrogens (tertiary/aromatic N) is 1. The number of fused-ring (bicyclic) bond motifs is 1. The number of anilines is 1. The summed E-state index contributed by atoms with van der Waals surface area (Å²) in [5, 5.41) is 2.95. The lowest BCUT2D eigenvalue weighted by Crippen LogP contribution is -2.29. The van der Waals surface area contributed by atoms with Gasteiger partial charge < -0.3 is 14.8 Å². The van der Waals surface area contributed by atoms with Crippen LogP contribution in [0, 0.1) is 13.8 Å². The lowest BCUT2D eigenvalue weighted by atomic mass is 10.1. The van der Waals surface area contributed by atoms with Crippen LogP contribution in [0.15, 0.2) is 41.3 Å². The first kappa shape index (κ1) is 23.3. The number of hydrogen-bond acceptors (Lipinski definition) is 6. The van der Waals surface area contributed by atoms with Crippen LogP contribution in [-0.4, -0.2) is 34.4 Å². The molecule has 0 unspecified atom stereocenters. The third-order valence-corrected chi connectivity index (χ3v) is 7.02. The van der Waals surface area contributed by atoms with E-state index in [0.717, 1.165) is 36.1 Å². The topological polar surface area (TPSA) is 67.9 Å². The fraction of sp³-hybridized carbons (Fsp3) is 0.320. The number of unbranched alkanes of at least 4 members (excludes halogenated alkanes) is 2. The molecule has 1 N–H and O–H groups in total. The number of hydrogen-bond donors (Lipinski definition) is 1. The van der Waals surface area contributed by atoms with E-state index in [1.165, 1.54) is 17.3 Å². The Kier molecular flexibility index (Phi) is 7.35. The molecular formula is C25H26N2O4S2. The average Bonchev–Trinajstić information content (AvgIpc) is 3.35. The summed E-state index contributed by atoms with van der Waals surface area (Å²) in [4.78, 5) is 27.3. The van der Waals surface area contributed by atoms with Gasteiger partial charge in [0.05, 0.1) is 4.91 Å². The first-order valence-electron chi connectivity index (χ1n) is 10.9. The highest BCUT2D eigenvalue weighted by Crippen LogP contribution is 2.36. The number of aryl methyl sites for hydroxylation is 2. The molecule has 0 bridgehead atoms. The quantitative estimate of drug-likeness (QED) is 0.307. The van der Waals surface area contributed by atoms with Gasteiger partial charge in [0.2, 0.25) is 12.7 Å². The van der Waals surface area contributed by atoms with Gasteiger partial charge in [-0.3, -0.25) is 14.5 Å². The summed E-state index contributed by atoms with van der Waals surface area (Å²) in [5.41, 5.74) is 4.06. The van der Waals surface area contributed by atoms with E-state index in [2.05, 4.69) is 5.32 Å². The Morgan fingerprint density at radius 3 is 2.73 bits per heavy atom. The van der Waals surface area contributed by atoms with Crippen molar-refractivity contribution in [2.75, 3.05) is 18.7 Å². The van der Waals surface area contributed by atoms with E-state index in [1.54, 1.807) is 4.90 Å². The Morgan fingerprint density at radius 2 is 1.91 bits per heavy atom. The number of rotatable bonds is 8. The molecule has 0 saturated carbocycles. The number of thiocarbonyl (C=S) groups is 1. The number of thioether (sulfide) groups is 1. The van der Waals surface area contributed by atoms with Crippen LogP contribution in [0.4, 0.5) is 5.69 Å². The standard InChI is InChI=1S/C25H26N2O4S2/c1-16-7-9-19(12-17(16)2)26-23(28)6-4-3-5-11-27-24(29)22(33-25(27)32)14-18-8-10-20-21(13-18)31-15-30-20/h7-10,12-14H,3-6,11,15H2,1-2H3,(H,26,28)/b22-14-. The van der Waals surface area contributed by atoms with E-state index >= 15 is 0 Å². The fourth-order valence-electron chi connectivity index (χ4n) is 3.62. The van der Waals surface area contributed by atoms with Gasteiger partial charge in [0.15, 0.2) is 11.5 Å². The van der Waals surface area contributed by atoms with E-state index in [9.17, 15) is 9.59 Å². The minimum Gasteiger partial charge on any atom is -0.454 e. The zero-order valence-corrected chi connectivity index (χ0v) is 20.3. The number of nitrogens with one attached hydrogen (secondary N) is 1. The highest BCUT2D eigenvalue weighted by atomic mass is 32.2. The third kappa shape index (κ3) is 5.75. The van der Waals surface area contributed by atoms with Crippen molar-refractivity contribution in [2.45, 2.75) is 39.5 Å². The molecule has 6 nitrogen and oxygen atoms in total. The maximum Gasteiger partial charge on any atom is 0.266 e. The van der Waals surface area contributed by atoms with E-state index in [-0.39, 0.29) is 18.6 Å². The van der Waals surface area contributed by atoms with Crippen molar-refractivity contribution in [3.8, 4) is 11.5 Å². The smallest absolute Gasteiger partial charge is 0.266 e. The van der Waals surface area contributed by atoms with Crippen LogP contribution in [-0.2, 0) is 9.59 Å². The molecule has 0 atom stereocenters. The summed E-state index contributed by atoms with van der Waals surface area (Å²) >= 11 is 6.74. The van der Waals surface area contributed by atoms with Crippen molar-refractivity contribution in [3.63, 3.8) is 0 Å². The second-order valence-corrected chi connectivity index (χ2v) is 9.78. The zero-order valence-electron chi connectivity index (χ0n) is 18.7. The Labute approximate surface area is 203 Å². The van der Waals surface area contributed by atoms with Crippen molar-refractivity contribution < 1.29 is 19.1 Å². The lowest BCUT2D eigenvalue weighted by Gasteiger charge is -2.14. The Morgan fingerprint density at radius 1 is 1.09 bits per heavy atom.